The zero-order valence-corrected chi connectivity index (χ0v) is 21.3. The maximum atomic E-state index is 6.47. The minimum Gasteiger partial charge on any atom is -1.00 e. The number of aliphatic imine (C=N–C) groups is 2. The molecule has 0 unspecified atom stereocenters. The van der Waals surface area contributed by atoms with Gasteiger partial charge in [0.15, 0.2) is 11.8 Å². The minimum absolute atomic E-state index is 0. The zero-order chi connectivity index (χ0) is 17.3. The van der Waals surface area contributed by atoms with Gasteiger partial charge in [-0.25, -0.2) is 9.98 Å². The van der Waals surface area contributed by atoms with Gasteiger partial charge >= 0.3 is 16.5 Å². The summed E-state index contributed by atoms with van der Waals surface area (Å²) in [6, 6.07) is 0.540. The number of halogens is 2. The summed E-state index contributed by atoms with van der Waals surface area (Å²) in [5.74, 6) is 1.73. The second-order valence-electron chi connectivity index (χ2n) is 8.74. The number of hydrogen-bond donors (Lipinski definition) is 0. The van der Waals surface area contributed by atoms with Crippen LogP contribution in [0.1, 0.15) is 97.3 Å². The van der Waals surface area contributed by atoms with Crippen LogP contribution in [-0.2, 0) is 26.0 Å². The van der Waals surface area contributed by atoms with Crippen molar-refractivity contribution in [3.63, 3.8) is 0 Å². The summed E-state index contributed by atoms with van der Waals surface area (Å²) in [5, 5.41) is 0. The normalized spacial score (nSPS) is 30.4. The predicted molar refractivity (Wildman–Crippen MR) is 101 cm³/mol. The van der Waals surface area contributed by atoms with E-state index in [2.05, 4.69) is 13.8 Å². The molecule has 2 aliphatic carbocycles. The fraction of sp³-hybridized carbons (Fsp3) is 0.905. The maximum absolute atomic E-state index is 6.47. The van der Waals surface area contributed by atoms with Crippen LogP contribution in [-0.4, -0.2) is 35.1 Å². The molecule has 4 aliphatic rings. The summed E-state index contributed by atoms with van der Waals surface area (Å²) in [5.41, 5.74) is -0.0900. The molecule has 2 heterocycles. The monoisotopic (exact) mass is 562 g/mol. The van der Waals surface area contributed by atoms with Gasteiger partial charge in [0.05, 0.1) is 18.5 Å². The van der Waals surface area contributed by atoms with E-state index in [4.69, 9.17) is 19.5 Å². The summed E-state index contributed by atoms with van der Waals surface area (Å²) < 4.78 is 12.9. The smallest absolute Gasteiger partial charge is 1.00 e. The molecule has 0 aromatic carbocycles. The van der Waals surface area contributed by atoms with Crippen molar-refractivity contribution >= 4 is 11.8 Å². The van der Waals surface area contributed by atoms with Crippen LogP contribution in [0.15, 0.2) is 9.98 Å². The molecule has 4 nitrogen and oxygen atoms in total. The fourth-order valence-electron chi connectivity index (χ4n) is 5.35. The molecule has 0 aromatic rings. The van der Waals surface area contributed by atoms with Crippen molar-refractivity contribution in [1.29, 1.82) is 0 Å². The van der Waals surface area contributed by atoms with E-state index in [1.54, 1.807) is 0 Å². The van der Waals surface area contributed by atoms with Gasteiger partial charge in [-0.05, 0) is 65.2 Å². The number of rotatable bonds is 2. The summed E-state index contributed by atoms with van der Waals surface area (Å²) >= 11 is 0. The van der Waals surface area contributed by atoms with E-state index in [0.717, 1.165) is 37.5 Å². The predicted octanol–water partition coefficient (Wildman–Crippen LogP) is -0.798. The van der Waals surface area contributed by atoms with Crippen molar-refractivity contribution in [2.75, 3.05) is 0 Å². The molecule has 164 valence electrons. The SMILES string of the molecule is C[C@H]1N=C(CC2=N[C@H](C)C3(CCCCCC3)O2)OC12CCCCCC2.[Br-].[Br-].[Ni+2]. The van der Waals surface area contributed by atoms with Gasteiger partial charge in [-0.1, -0.05) is 25.7 Å². The molecule has 0 N–H and O–H groups in total. The summed E-state index contributed by atoms with van der Waals surface area (Å²) in [4.78, 5) is 9.76. The van der Waals surface area contributed by atoms with Crippen molar-refractivity contribution in [1.82, 2.24) is 0 Å². The Bertz CT molecular complexity index is 507. The van der Waals surface area contributed by atoms with E-state index in [-0.39, 0.29) is 73.7 Å². The van der Waals surface area contributed by atoms with E-state index in [1.807, 2.05) is 0 Å². The molecule has 0 amide bonds. The van der Waals surface area contributed by atoms with Crippen molar-refractivity contribution < 1.29 is 59.9 Å². The number of ether oxygens (including phenoxy) is 2. The van der Waals surface area contributed by atoms with Gasteiger partial charge < -0.3 is 43.4 Å². The molecular weight excluding hydrogens is 531 g/mol. The van der Waals surface area contributed by atoms with Crippen LogP contribution in [0.2, 0.25) is 0 Å². The molecule has 2 atom stereocenters. The van der Waals surface area contributed by atoms with E-state index < -0.39 is 0 Å². The Labute approximate surface area is 201 Å². The van der Waals surface area contributed by atoms with E-state index in [9.17, 15) is 0 Å². The summed E-state index contributed by atoms with van der Waals surface area (Å²) in [7, 11) is 0. The first-order valence-electron chi connectivity index (χ1n) is 10.6. The van der Waals surface area contributed by atoms with Crippen LogP contribution < -0.4 is 34.0 Å². The van der Waals surface area contributed by atoms with Crippen molar-refractivity contribution in [3.8, 4) is 0 Å². The molecule has 0 saturated heterocycles. The third kappa shape index (κ3) is 5.35. The molecular formula is C21H34Br2N2NiO2. The van der Waals surface area contributed by atoms with E-state index in [0.29, 0.717) is 6.42 Å². The molecule has 4 rings (SSSR count). The molecule has 2 saturated carbocycles. The van der Waals surface area contributed by atoms with Gasteiger partial charge in [0.2, 0.25) is 0 Å². The molecule has 28 heavy (non-hydrogen) atoms. The van der Waals surface area contributed by atoms with Gasteiger partial charge in [-0.15, -0.1) is 0 Å². The Morgan fingerprint density at radius 2 is 1.00 bits per heavy atom. The molecule has 0 radical (unpaired) electrons. The summed E-state index contributed by atoms with van der Waals surface area (Å²) in [6.07, 6.45) is 15.7. The largest absolute Gasteiger partial charge is 2.00 e. The minimum atomic E-state index is -0.0450. The first kappa shape index (κ1) is 26.4. The Balaban J connectivity index is 0.00000131. The Morgan fingerprint density at radius 3 is 1.32 bits per heavy atom. The van der Waals surface area contributed by atoms with Gasteiger partial charge in [-0.2, -0.15) is 0 Å². The average molecular weight is 565 g/mol. The van der Waals surface area contributed by atoms with Crippen LogP contribution >= 0.6 is 0 Å². The van der Waals surface area contributed by atoms with Crippen LogP contribution in [0.25, 0.3) is 0 Å². The van der Waals surface area contributed by atoms with Gasteiger partial charge in [-0.3, -0.25) is 0 Å². The van der Waals surface area contributed by atoms with Crippen molar-refractivity contribution in [2.24, 2.45) is 9.98 Å². The fourth-order valence-corrected chi connectivity index (χ4v) is 5.35. The molecule has 7 heteroatoms. The first-order chi connectivity index (χ1) is 12.1. The topological polar surface area (TPSA) is 43.2 Å². The first-order valence-corrected chi connectivity index (χ1v) is 10.6. The molecule has 2 spiro atoms. The van der Waals surface area contributed by atoms with Crippen LogP contribution in [0, 0.1) is 0 Å². The molecule has 0 bridgehead atoms. The molecule has 0 aromatic heterocycles. The van der Waals surface area contributed by atoms with Crippen molar-refractivity contribution in [3.05, 3.63) is 0 Å². The number of nitrogens with zero attached hydrogens (tertiary/aromatic N) is 2. The third-order valence-corrected chi connectivity index (χ3v) is 7.04. The Hall–Kier alpha value is 0.394. The van der Waals surface area contributed by atoms with E-state index >= 15 is 0 Å². The average Bonchev–Trinajstić information content (AvgIpc) is 2.85. The number of hydrogen-bond acceptors (Lipinski definition) is 4. The quantitative estimate of drug-likeness (QED) is 0.413. The molecule has 2 aliphatic heterocycles. The summed E-state index contributed by atoms with van der Waals surface area (Å²) in [6.45, 7) is 4.45. The van der Waals surface area contributed by atoms with Crippen LogP contribution in [0.3, 0.4) is 0 Å². The van der Waals surface area contributed by atoms with Gasteiger partial charge in [0.25, 0.3) is 0 Å². The second kappa shape index (κ2) is 11.1. The third-order valence-electron chi connectivity index (χ3n) is 7.04. The molecule has 2 fully saturated rings. The van der Waals surface area contributed by atoms with Crippen LogP contribution in [0.5, 0.6) is 0 Å². The standard InChI is InChI=1S/C21H34N2O2.2BrH.Ni/c1-16-20(11-7-3-4-8-12-20)24-18(22-16)15-19-23-17(2)21(25-19)13-9-5-6-10-14-21;;;/h16-17H,3-15H2,1-2H3;2*1H;/q;;;+2/p-2/t16-,17-;;;/m1.../s1. The van der Waals surface area contributed by atoms with Gasteiger partial charge in [0, 0.05) is 0 Å². The zero-order valence-electron chi connectivity index (χ0n) is 17.1. The Morgan fingerprint density at radius 1 is 0.679 bits per heavy atom. The second-order valence-corrected chi connectivity index (χ2v) is 8.74. The van der Waals surface area contributed by atoms with Crippen LogP contribution in [0.4, 0.5) is 0 Å². The van der Waals surface area contributed by atoms with Gasteiger partial charge in [0.1, 0.15) is 11.2 Å². The van der Waals surface area contributed by atoms with Crippen molar-refractivity contribution in [2.45, 2.75) is 121 Å². The maximum Gasteiger partial charge on any atom is 2.00 e. The Kier molecular flexibility index (Phi) is 10.5. The van der Waals surface area contributed by atoms with E-state index in [1.165, 1.54) is 51.4 Å².